The Labute approximate surface area is 133 Å². The first-order valence-corrected chi connectivity index (χ1v) is 9.73. The largest absolute Gasteiger partial charge is 0.309 e. The summed E-state index contributed by atoms with van der Waals surface area (Å²) in [5, 5.41) is 5.07. The lowest BCUT2D eigenvalue weighted by molar-refractivity contribution is 0.258. The van der Waals surface area contributed by atoms with Crippen molar-refractivity contribution in [2.24, 2.45) is 11.8 Å². The van der Waals surface area contributed by atoms with E-state index >= 15 is 0 Å². The molecule has 118 valence electrons. The van der Waals surface area contributed by atoms with Crippen LogP contribution in [-0.2, 0) is 6.42 Å². The Hall–Kier alpha value is -0.410. The highest BCUT2D eigenvalue weighted by molar-refractivity contribution is 7.11. The molecule has 0 bridgehead atoms. The third-order valence-electron chi connectivity index (χ3n) is 5.49. The van der Waals surface area contributed by atoms with Crippen molar-refractivity contribution in [2.75, 3.05) is 6.54 Å². The van der Waals surface area contributed by atoms with Crippen LogP contribution in [-0.4, -0.2) is 11.5 Å². The third-order valence-corrected chi connectivity index (χ3v) is 6.78. The molecule has 3 rings (SSSR count). The van der Waals surface area contributed by atoms with Gasteiger partial charge in [-0.05, 0) is 63.3 Å². The molecule has 1 atom stereocenters. The highest BCUT2D eigenvalue weighted by atomic mass is 32.1. The molecule has 0 aliphatic heterocycles. The summed E-state index contributed by atoms with van der Waals surface area (Å²) in [6.45, 7) is 8.02. The van der Waals surface area contributed by atoms with Crippen LogP contribution in [0.5, 0.6) is 0 Å². The predicted octanol–water partition coefficient (Wildman–Crippen LogP) is 5.06. The van der Waals surface area contributed by atoms with Crippen LogP contribution in [0.2, 0.25) is 0 Å². The topological polar surface area (TPSA) is 24.9 Å². The lowest BCUT2D eigenvalue weighted by Crippen LogP contribution is -2.24. The van der Waals surface area contributed by atoms with E-state index in [4.69, 9.17) is 4.98 Å². The van der Waals surface area contributed by atoms with Crippen LogP contribution in [0.15, 0.2) is 0 Å². The highest BCUT2D eigenvalue weighted by Crippen LogP contribution is 2.42. The zero-order valence-corrected chi connectivity index (χ0v) is 14.6. The first-order chi connectivity index (χ1) is 10.2. The van der Waals surface area contributed by atoms with E-state index in [0.29, 0.717) is 6.04 Å². The minimum atomic E-state index is 0.524. The summed E-state index contributed by atoms with van der Waals surface area (Å²) in [5.74, 6) is 2.55. The van der Waals surface area contributed by atoms with Gasteiger partial charge >= 0.3 is 0 Å². The zero-order valence-electron chi connectivity index (χ0n) is 13.8. The normalized spacial score (nSPS) is 29.6. The number of rotatable bonds is 4. The van der Waals surface area contributed by atoms with Crippen molar-refractivity contribution in [1.82, 2.24) is 10.3 Å². The molecule has 1 unspecified atom stereocenters. The Morgan fingerprint density at radius 1 is 1.19 bits per heavy atom. The number of thiazole rings is 1. The summed E-state index contributed by atoms with van der Waals surface area (Å²) in [5.41, 5.74) is 1.40. The predicted molar refractivity (Wildman–Crippen MR) is 91.0 cm³/mol. The third kappa shape index (κ3) is 3.34. The number of nitrogens with one attached hydrogen (secondary N) is 1. The van der Waals surface area contributed by atoms with Crippen molar-refractivity contribution in [3.63, 3.8) is 0 Å². The van der Waals surface area contributed by atoms with Gasteiger partial charge in [0.25, 0.3) is 0 Å². The summed E-state index contributed by atoms with van der Waals surface area (Å²) >= 11 is 2.03. The highest BCUT2D eigenvalue weighted by Gasteiger charge is 2.29. The molecular formula is C18H30N2S. The maximum absolute atomic E-state index is 5.10. The van der Waals surface area contributed by atoms with Gasteiger partial charge in [0.05, 0.1) is 16.7 Å². The maximum Gasteiger partial charge on any atom is 0.0962 e. The quantitative estimate of drug-likeness (QED) is 0.841. The maximum atomic E-state index is 5.10. The summed E-state index contributed by atoms with van der Waals surface area (Å²) in [6, 6.07) is 0.524. The second-order valence-electron chi connectivity index (χ2n) is 7.22. The number of aryl methyl sites for hydroxylation is 1. The van der Waals surface area contributed by atoms with Gasteiger partial charge in [-0.25, -0.2) is 4.98 Å². The minimum absolute atomic E-state index is 0.524. The molecule has 2 aliphatic rings. The van der Waals surface area contributed by atoms with Gasteiger partial charge < -0.3 is 5.32 Å². The van der Waals surface area contributed by atoms with E-state index < -0.39 is 0 Å². The lowest BCUT2D eigenvalue weighted by atomic mass is 9.77. The second-order valence-corrected chi connectivity index (χ2v) is 8.33. The lowest BCUT2D eigenvalue weighted by Gasteiger charge is -2.29. The standard InChI is InChI=1S/C18H30N2S/c1-4-19-15-6-5-7-16-17(15)20-18(21-16)14-10-8-13(9-11-14)12(2)3/h12-15,19H,4-11H2,1-3H3. The molecule has 1 saturated carbocycles. The molecule has 1 aromatic rings. The van der Waals surface area contributed by atoms with E-state index in [1.807, 2.05) is 11.3 Å². The molecule has 1 aromatic heterocycles. The average Bonchev–Trinajstić information content (AvgIpc) is 2.93. The molecule has 0 radical (unpaired) electrons. The minimum Gasteiger partial charge on any atom is -0.309 e. The van der Waals surface area contributed by atoms with Crippen molar-refractivity contribution >= 4 is 11.3 Å². The van der Waals surface area contributed by atoms with Crippen molar-refractivity contribution in [3.05, 3.63) is 15.6 Å². The van der Waals surface area contributed by atoms with Gasteiger partial charge in [0.1, 0.15) is 0 Å². The molecule has 1 heterocycles. The average molecular weight is 307 g/mol. The van der Waals surface area contributed by atoms with Gasteiger partial charge in [-0.1, -0.05) is 20.8 Å². The van der Waals surface area contributed by atoms with E-state index in [2.05, 4.69) is 26.1 Å². The summed E-state index contributed by atoms with van der Waals surface area (Å²) < 4.78 is 0. The Morgan fingerprint density at radius 2 is 1.95 bits per heavy atom. The van der Waals surface area contributed by atoms with Gasteiger partial charge in [0.2, 0.25) is 0 Å². The molecule has 21 heavy (non-hydrogen) atoms. The van der Waals surface area contributed by atoms with Crippen molar-refractivity contribution in [2.45, 2.75) is 77.7 Å². The fourth-order valence-corrected chi connectivity index (χ4v) is 5.43. The molecule has 0 spiro atoms. The van der Waals surface area contributed by atoms with E-state index in [1.165, 1.54) is 55.6 Å². The molecule has 0 amide bonds. The second kappa shape index (κ2) is 6.78. The van der Waals surface area contributed by atoms with E-state index in [1.54, 1.807) is 4.88 Å². The van der Waals surface area contributed by atoms with E-state index in [-0.39, 0.29) is 0 Å². The van der Waals surface area contributed by atoms with Crippen LogP contribution in [0.4, 0.5) is 0 Å². The van der Waals surface area contributed by atoms with Crippen LogP contribution in [0.25, 0.3) is 0 Å². The van der Waals surface area contributed by atoms with Gasteiger partial charge in [-0.15, -0.1) is 11.3 Å². The van der Waals surface area contributed by atoms with Crippen LogP contribution in [0.3, 0.4) is 0 Å². The van der Waals surface area contributed by atoms with Gasteiger partial charge in [0.15, 0.2) is 0 Å². The smallest absolute Gasteiger partial charge is 0.0962 e. The first-order valence-electron chi connectivity index (χ1n) is 8.91. The molecule has 0 saturated heterocycles. The van der Waals surface area contributed by atoms with E-state index in [0.717, 1.165) is 24.3 Å². The number of fused-ring (bicyclic) bond motifs is 1. The number of nitrogens with zero attached hydrogens (tertiary/aromatic N) is 1. The molecule has 3 heteroatoms. The number of aromatic nitrogens is 1. The molecule has 2 aliphatic carbocycles. The van der Waals surface area contributed by atoms with Gasteiger partial charge in [-0.2, -0.15) is 0 Å². The molecule has 1 N–H and O–H groups in total. The number of hydrogen-bond donors (Lipinski definition) is 1. The van der Waals surface area contributed by atoms with Crippen LogP contribution in [0.1, 0.15) is 86.8 Å². The van der Waals surface area contributed by atoms with Crippen LogP contribution >= 0.6 is 11.3 Å². The number of hydrogen-bond acceptors (Lipinski definition) is 3. The Bertz CT molecular complexity index is 458. The fourth-order valence-electron chi connectivity index (χ4n) is 4.09. The van der Waals surface area contributed by atoms with Gasteiger partial charge in [-0.3, -0.25) is 0 Å². The Balaban J connectivity index is 1.70. The first kappa shape index (κ1) is 15.5. The molecular weight excluding hydrogens is 276 g/mol. The van der Waals surface area contributed by atoms with E-state index in [9.17, 15) is 0 Å². The van der Waals surface area contributed by atoms with Gasteiger partial charge in [0, 0.05) is 10.8 Å². The monoisotopic (exact) mass is 306 g/mol. The molecule has 0 aromatic carbocycles. The summed E-state index contributed by atoms with van der Waals surface area (Å²) in [6.07, 6.45) is 9.39. The Kier molecular flexibility index (Phi) is 5.00. The zero-order chi connectivity index (χ0) is 14.8. The van der Waals surface area contributed by atoms with Crippen molar-refractivity contribution in [3.8, 4) is 0 Å². The van der Waals surface area contributed by atoms with Crippen molar-refractivity contribution < 1.29 is 0 Å². The SMILES string of the molecule is CCNC1CCCc2sc(C3CCC(C(C)C)CC3)nc21. The fraction of sp³-hybridized carbons (Fsp3) is 0.833. The van der Waals surface area contributed by atoms with Crippen LogP contribution < -0.4 is 5.32 Å². The summed E-state index contributed by atoms with van der Waals surface area (Å²) in [7, 11) is 0. The molecule has 1 fully saturated rings. The summed E-state index contributed by atoms with van der Waals surface area (Å²) in [4.78, 5) is 6.68. The molecule has 2 nitrogen and oxygen atoms in total. The Morgan fingerprint density at radius 3 is 2.62 bits per heavy atom. The van der Waals surface area contributed by atoms with Crippen molar-refractivity contribution in [1.29, 1.82) is 0 Å². The van der Waals surface area contributed by atoms with Crippen LogP contribution in [0, 0.1) is 11.8 Å².